The largest absolute Gasteiger partial charge is 0.494 e. The van der Waals surface area contributed by atoms with Gasteiger partial charge in [-0.2, -0.15) is 0 Å². The Morgan fingerprint density at radius 1 is 1.27 bits per heavy atom. The van der Waals surface area contributed by atoms with Crippen molar-refractivity contribution in [1.82, 2.24) is 9.29 Å². The Balaban J connectivity index is 1.57. The Bertz CT molecular complexity index is 901. The first kappa shape index (κ1) is 17.5. The van der Waals surface area contributed by atoms with Crippen LogP contribution in [0.1, 0.15) is 19.3 Å². The molecule has 0 saturated carbocycles. The molecule has 1 aromatic carbocycles. The van der Waals surface area contributed by atoms with Gasteiger partial charge in [-0.15, -0.1) is 0 Å². The van der Waals surface area contributed by atoms with E-state index in [1.165, 1.54) is 13.2 Å². The van der Waals surface area contributed by atoms with Crippen molar-refractivity contribution in [2.24, 2.45) is 5.41 Å². The van der Waals surface area contributed by atoms with E-state index in [9.17, 15) is 8.60 Å². The minimum absolute atomic E-state index is 0.167. The van der Waals surface area contributed by atoms with Crippen LogP contribution in [-0.4, -0.2) is 46.8 Å². The normalized spacial score (nSPS) is 21.4. The van der Waals surface area contributed by atoms with Crippen molar-refractivity contribution in [2.75, 3.05) is 38.2 Å². The molecule has 1 atom stereocenters. The molecule has 4 rings (SSSR count). The Labute approximate surface area is 154 Å². The van der Waals surface area contributed by atoms with Gasteiger partial charge in [-0.25, -0.2) is 17.7 Å². The van der Waals surface area contributed by atoms with E-state index in [4.69, 9.17) is 9.52 Å². The topological polar surface area (TPSA) is 69.5 Å². The summed E-state index contributed by atoms with van der Waals surface area (Å²) in [5.74, 6) is -0.177. The van der Waals surface area contributed by atoms with Gasteiger partial charge >= 0.3 is 0 Å². The van der Waals surface area contributed by atoms with Crippen LogP contribution in [0.25, 0.3) is 10.9 Å². The zero-order valence-electron chi connectivity index (χ0n) is 14.7. The number of fused-ring (bicyclic) bond motifs is 1. The van der Waals surface area contributed by atoms with Crippen LogP contribution >= 0.6 is 0 Å². The number of anilines is 1. The minimum atomic E-state index is -1.98. The fourth-order valence-corrected chi connectivity index (χ4v) is 4.97. The fourth-order valence-electron chi connectivity index (χ4n) is 4.26. The summed E-state index contributed by atoms with van der Waals surface area (Å²) in [5.41, 5.74) is 1.88. The van der Waals surface area contributed by atoms with E-state index in [1.807, 2.05) is 6.07 Å². The van der Waals surface area contributed by atoms with Crippen LogP contribution in [0.5, 0.6) is 5.75 Å². The molecule has 0 bridgehead atoms. The molecular formula is C18H23FN4O2S. The molecule has 1 N–H and O–H groups in total. The van der Waals surface area contributed by atoms with Gasteiger partial charge in [0.2, 0.25) is 0 Å². The molecule has 0 radical (unpaired) electrons. The molecule has 1 spiro atoms. The van der Waals surface area contributed by atoms with Crippen LogP contribution in [-0.2, 0) is 10.8 Å². The van der Waals surface area contributed by atoms with E-state index in [-0.39, 0.29) is 17.0 Å². The van der Waals surface area contributed by atoms with E-state index in [2.05, 4.69) is 9.88 Å². The first-order valence-corrected chi connectivity index (χ1v) is 10.0. The van der Waals surface area contributed by atoms with Crippen LogP contribution in [0, 0.1) is 16.0 Å². The van der Waals surface area contributed by atoms with Crippen molar-refractivity contribution in [3.05, 3.63) is 30.2 Å². The van der Waals surface area contributed by atoms with Crippen molar-refractivity contribution in [2.45, 2.75) is 19.3 Å². The predicted octanol–water partition coefficient (Wildman–Crippen LogP) is 2.83. The second-order valence-electron chi connectivity index (χ2n) is 7.23. The van der Waals surface area contributed by atoms with Gasteiger partial charge in [-0.05, 0) is 36.8 Å². The van der Waals surface area contributed by atoms with Crippen molar-refractivity contribution in [1.29, 1.82) is 4.78 Å². The van der Waals surface area contributed by atoms with Gasteiger partial charge in [0.25, 0.3) is 0 Å². The van der Waals surface area contributed by atoms with Crippen LogP contribution in [0.2, 0.25) is 0 Å². The first-order valence-electron chi connectivity index (χ1n) is 8.82. The monoisotopic (exact) mass is 378 g/mol. The highest BCUT2D eigenvalue weighted by Gasteiger charge is 2.41. The summed E-state index contributed by atoms with van der Waals surface area (Å²) in [7, 11) is -0.529. The molecule has 8 heteroatoms. The van der Waals surface area contributed by atoms with Crippen LogP contribution in [0.15, 0.2) is 24.4 Å². The molecule has 26 heavy (non-hydrogen) atoms. The molecule has 3 heterocycles. The predicted molar refractivity (Wildman–Crippen MR) is 101 cm³/mol. The van der Waals surface area contributed by atoms with Gasteiger partial charge in [0.1, 0.15) is 0 Å². The second kappa shape index (κ2) is 6.66. The van der Waals surface area contributed by atoms with Crippen molar-refractivity contribution >= 4 is 27.4 Å². The number of thiol groups is 1. The Hall–Kier alpha value is -1.93. The average molecular weight is 378 g/mol. The molecule has 0 aliphatic carbocycles. The van der Waals surface area contributed by atoms with E-state index in [0.29, 0.717) is 0 Å². The molecule has 2 aliphatic rings. The third-order valence-corrected chi connectivity index (χ3v) is 6.69. The second-order valence-corrected chi connectivity index (χ2v) is 8.34. The standard InChI is InChI=1S/C18H23FN4O2S/c1-25-17-11-15-13(10-14(17)19)16(2-6-21-15)22-7-3-18(4-8-22)5-9-23(12-18)26(20)24/h2,6,10-11,20,26H,3-5,7-9,12H2,1H3. The van der Waals surface area contributed by atoms with Crippen LogP contribution in [0.3, 0.4) is 0 Å². The van der Waals surface area contributed by atoms with Crippen molar-refractivity contribution in [3.63, 3.8) is 0 Å². The number of ether oxygens (including phenoxy) is 1. The van der Waals surface area contributed by atoms with Gasteiger partial charge in [-0.3, -0.25) is 4.98 Å². The van der Waals surface area contributed by atoms with E-state index >= 15 is 0 Å². The molecule has 2 fully saturated rings. The number of halogens is 1. The SMILES string of the molecule is COc1cc2nccc(N3CCC4(CC3)CCN([SH](=N)=O)C4)c2cc1F. The third kappa shape index (κ3) is 3.01. The molecular weight excluding hydrogens is 355 g/mol. The summed E-state index contributed by atoms with van der Waals surface area (Å²) < 4.78 is 40.0. The Kier molecular flexibility index (Phi) is 4.48. The Morgan fingerprint density at radius 2 is 2.00 bits per heavy atom. The first-order chi connectivity index (χ1) is 12.5. The lowest BCUT2D eigenvalue weighted by molar-refractivity contribution is 0.236. The summed E-state index contributed by atoms with van der Waals surface area (Å²) >= 11 is 0. The molecule has 2 saturated heterocycles. The zero-order valence-corrected chi connectivity index (χ0v) is 15.6. The maximum absolute atomic E-state index is 14.2. The van der Waals surface area contributed by atoms with E-state index in [1.54, 1.807) is 16.6 Å². The number of nitrogens with one attached hydrogen (secondary N) is 1. The lowest BCUT2D eigenvalue weighted by Gasteiger charge is -2.40. The Morgan fingerprint density at radius 3 is 2.65 bits per heavy atom. The lowest BCUT2D eigenvalue weighted by atomic mass is 9.77. The summed E-state index contributed by atoms with van der Waals surface area (Å²) in [6.07, 6.45) is 4.75. The van der Waals surface area contributed by atoms with Gasteiger partial charge in [0.05, 0.1) is 23.4 Å². The summed E-state index contributed by atoms with van der Waals surface area (Å²) in [4.78, 5) is 6.64. The molecule has 2 aliphatic heterocycles. The number of hydrogen-bond acceptors (Lipinski definition) is 5. The summed E-state index contributed by atoms with van der Waals surface area (Å²) in [6.45, 7) is 3.25. The van der Waals surface area contributed by atoms with Crippen molar-refractivity contribution < 1.29 is 13.3 Å². The zero-order chi connectivity index (χ0) is 18.3. The molecule has 1 aromatic heterocycles. The summed E-state index contributed by atoms with van der Waals surface area (Å²) in [5, 5.41) is 0.795. The number of rotatable bonds is 3. The van der Waals surface area contributed by atoms with E-state index in [0.717, 1.165) is 62.0 Å². The number of hydrogen-bond donors (Lipinski definition) is 2. The van der Waals surface area contributed by atoms with Gasteiger partial charge in [0.15, 0.2) is 11.6 Å². The van der Waals surface area contributed by atoms with Crippen molar-refractivity contribution in [3.8, 4) is 5.75 Å². The van der Waals surface area contributed by atoms with Gasteiger partial charge < -0.3 is 9.64 Å². The molecule has 2 aromatic rings. The van der Waals surface area contributed by atoms with Gasteiger partial charge in [-0.1, -0.05) is 0 Å². The number of aromatic nitrogens is 1. The molecule has 1 unspecified atom stereocenters. The van der Waals surface area contributed by atoms with Crippen LogP contribution < -0.4 is 9.64 Å². The third-order valence-electron chi connectivity index (χ3n) is 5.83. The number of benzene rings is 1. The highest BCUT2D eigenvalue weighted by Crippen LogP contribution is 2.42. The van der Waals surface area contributed by atoms with E-state index < -0.39 is 10.8 Å². The minimum Gasteiger partial charge on any atom is -0.494 e. The number of pyridine rings is 1. The van der Waals surface area contributed by atoms with Crippen LogP contribution in [0.4, 0.5) is 10.1 Å². The highest BCUT2D eigenvalue weighted by atomic mass is 32.2. The summed E-state index contributed by atoms with van der Waals surface area (Å²) in [6, 6.07) is 5.08. The average Bonchev–Trinajstić information content (AvgIpc) is 3.05. The number of piperidine rings is 1. The smallest absolute Gasteiger partial charge is 0.165 e. The van der Waals surface area contributed by atoms with Gasteiger partial charge in [0, 0.05) is 49.5 Å². The number of methoxy groups -OCH3 is 1. The molecule has 0 amide bonds. The molecule has 140 valence electrons. The maximum atomic E-state index is 14.2. The fraction of sp³-hybridized carbons (Fsp3) is 0.500. The number of nitrogens with zero attached hydrogens (tertiary/aromatic N) is 3. The lowest BCUT2D eigenvalue weighted by Crippen LogP contribution is -2.41. The maximum Gasteiger partial charge on any atom is 0.165 e. The molecule has 6 nitrogen and oxygen atoms in total. The quantitative estimate of drug-likeness (QED) is 0.806. The highest BCUT2D eigenvalue weighted by molar-refractivity contribution is 7.71.